The van der Waals surface area contributed by atoms with Crippen molar-refractivity contribution in [3.8, 4) is 0 Å². The normalized spacial score (nSPS) is 31.9. The van der Waals surface area contributed by atoms with E-state index in [-0.39, 0.29) is 19.4 Å². The van der Waals surface area contributed by atoms with E-state index in [1.807, 2.05) is 0 Å². The second-order valence-corrected chi connectivity index (χ2v) is 4.47. The maximum absolute atomic E-state index is 11.6. The Morgan fingerprint density at radius 1 is 1.59 bits per heavy atom. The minimum absolute atomic E-state index is 0.0734. The summed E-state index contributed by atoms with van der Waals surface area (Å²) in [4.78, 5) is 27.7. The molecule has 1 unspecified atom stereocenters. The van der Waals surface area contributed by atoms with Crippen molar-refractivity contribution in [2.45, 2.75) is 44.8 Å². The van der Waals surface area contributed by atoms with Gasteiger partial charge >= 0.3 is 5.97 Å². The Morgan fingerprint density at radius 2 is 2.29 bits per heavy atom. The predicted octanol–water partition coefficient (Wildman–Crippen LogP) is -0.463. The van der Waals surface area contributed by atoms with Gasteiger partial charge in [0.2, 0.25) is 0 Å². The van der Waals surface area contributed by atoms with Gasteiger partial charge in [-0.3, -0.25) is 4.79 Å². The van der Waals surface area contributed by atoms with Crippen LogP contribution in [0.25, 0.3) is 0 Å². The molecular weight excluding hydrogens is 230 g/mol. The van der Waals surface area contributed by atoms with Gasteiger partial charge in [-0.15, -0.1) is 5.06 Å². The summed E-state index contributed by atoms with van der Waals surface area (Å²) in [5, 5.41) is 10.1. The zero-order valence-electron chi connectivity index (χ0n) is 9.71. The number of rotatable bonds is 2. The van der Waals surface area contributed by atoms with Crippen molar-refractivity contribution in [3.05, 3.63) is 0 Å². The summed E-state index contributed by atoms with van der Waals surface area (Å²) in [6, 6.07) is 0. The number of aliphatic hydroxyl groups excluding tert-OH is 1. The van der Waals surface area contributed by atoms with Crippen molar-refractivity contribution in [1.82, 2.24) is 5.06 Å². The molecule has 2 aliphatic heterocycles. The largest absolute Gasteiger partial charge is 0.370 e. The SMILES string of the molecule is CC1(C)OC[C@@H](C(=O)ON2C(=O)CCC2O)O1. The minimum Gasteiger partial charge on any atom is -0.370 e. The number of hydrogen-bond donors (Lipinski definition) is 1. The quantitative estimate of drug-likeness (QED) is 0.708. The zero-order chi connectivity index (χ0) is 12.6. The van der Waals surface area contributed by atoms with Crippen LogP contribution in [0.2, 0.25) is 0 Å². The molecule has 2 saturated heterocycles. The molecule has 0 radical (unpaired) electrons. The second-order valence-electron chi connectivity index (χ2n) is 4.47. The van der Waals surface area contributed by atoms with Gasteiger partial charge in [-0.2, -0.15) is 0 Å². The van der Waals surface area contributed by atoms with Crippen molar-refractivity contribution < 1.29 is 29.0 Å². The third-order valence-electron chi connectivity index (χ3n) is 2.59. The number of aliphatic hydroxyl groups is 1. The highest BCUT2D eigenvalue weighted by Gasteiger charge is 2.41. The van der Waals surface area contributed by atoms with Gasteiger partial charge in [0.25, 0.3) is 5.91 Å². The fraction of sp³-hybridized carbons (Fsp3) is 0.800. The first-order valence-corrected chi connectivity index (χ1v) is 5.43. The summed E-state index contributed by atoms with van der Waals surface area (Å²) in [6.45, 7) is 3.43. The molecule has 2 rings (SSSR count). The average molecular weight is 245 g/mol. The Balaban J connectivity index is 1.91. The lowest BCUT2D eigenvalue weighted by molar-refractivity contribution is -0.230. The minimum atomic E-state index is -1.07. The molecular formula is C10H15NO6. The molecule has 2 atom stereocenters. The van der Waals surface area contributed by atoms with Crippen molar-refractivity contribution in [2.24, 2.45) is 0 Å². The van der Waals surface area contributed by atoms with Crippen LogP contribution < -0.4 is 0 Å². The van der Waals surface area contributed by atoms with Crippen molar-refractivity contribution in [1.29, 1.82) is 0 Å². The van der Waals surface area contributed by atoms with Crippen molar-refractivity contribution in [2.75, 3.05) is 6.61 Å². The topological polar surface area (TPSA) is 85.3 Å². The van der Waals surface area contributed by atoms with Gasteiger partial charge < -0.3 is 19.4 Å². The Kier molecular flexibility index (Phi) is 3.07. The van der Waals surface area contributed by atoms with E-state index in [0.717, 1.165) is 0 Å². The predicted molar refractivity (Wildman–Crippen MR) is 53.1 cm³/mol. The number of nitrogens with zero attached hydrogens (tertiary/aromatic N) is 1. The molecule has 2 fully saturated rings. The highest BCUT2D eigenvalue weighted by Crippen LogP contribution is 2.24. The fourth-order valence-electron chi connectivity index (χ4n) is 1.72. The summed E-state index contributed by atoms with van der Waals surface area (Å²) in [5.74, 6) is -1.98. The molecule has 0 aromatic carbocycles. The van der Waals surface area contributed by atoms with Gasteiger partial charge in [0.05, 0.1) is 6.61 Å². The first kappa shape index (κ1) is 12.3. The maximum Gasteiger partial charge on any atom is 0.363 e. The first-order valence-electron chi connectivity index (χ1n) is 5.43. The number of hydroxylamine groups is 2. The van der Waals surface area contributed by atoms with Gasteiger partial charge in [-0.25, -0.2) is 4.79 Å². The van der Waals surface area contributed by atoms with Gasteiger partial charge in [0, 0.05) is 12.8 Å². The summed E-state index contributed by atoms with van der Waals surface area (Å²) < 4.78 is 10.5. The number of carbonyl (C=O) groups is 2. The monoisotopic (exact) mass is 245 g/mol. The summed E-state index contributed by atoms with van der Waals surface area (Å²) in [7, 11) is 0. The number of ether oxygens (including phenoxy) is 2. The summed E-state index contributed by atoms with van der Waals surface area (Å²) >= 11 is 0. The van der Waals surface area contributed by atoms with Gasteiger partial charge in [-0.1, -0.05) is 0 Å². The van der Waals surface area contributed by atoms with Crippen LogP contribution in [0.1, 0.15) is 26.7 Å². The molecule has 17 heavy (non-hydrogen) atoms. The standard InChI is InChI=1S/C10H15NO6/c1-10(2)15-5-6(16-10)9(14)17-11-7(12)3-4-8(11)13/h6-7,12H,3-5H2,1-2H3/t6-,7?/m0/s1. The van der Waals surface area contributed by atoms with Crippen LogP contribution in [0.5, 0.6) is 0 Å². The van der Waals surface area contributed by atoms with Crippen LogP contribution in [0.15, 0.2) is 0 Å². The van der Waals surface area contributed by atoms with Crippen LogP contribution in [-0.4, -0.2) is 46.8 Å². The van der Waals surface area contributed by atoms with E-state index in [0.29, 0.717) is 5.06 Å². The molecule has 2 heterocycles. The number of hydrogen-bond acceptors (Lipinski definition) is 6. The number of amides is 1. The van der Waals surface area contributed by atoms with Crippen LogP contribution in [0.3, 0.4) is 0 Å². The van der Waals surface area contributed by atoms with Crippen LogP contribution in [-0.2, 0) is 23.9 Å². The van der Waals surface area contributed by atoms with E-state index in [9.17, 15) is 14.7 Å². The lowest BCUT2D eigenvalue weighted by atomic mass is 10.4. The Bertz CT molecular complexity index is 342. The zero-order valence-corrected chi connectivity index (χ0v) is 9.71. The van der Waals surface area contributed by atoms with Crippen molar-refractivity contribution in [3.63, 3.8) is 0 Å². The van der Waals surface area contributed by atoms with Gasteiger partial charge in [0.15, 0.2) is 18.1 Å². The highest BCUT2D eigenvalue weighted by atomic mass is 16.8. The Labute approximate surface area is 98.2 Å². The van der Waals surface area contributed by atoms with E-state index in [4.69, 9.17) is 14.3 Å². The fourth-order valence-corrected chi connectivity index (χ4v) is 1.72. The molecule has 0 aromatic rings. The highest BCUT2D eigenvalue weighted by molar-refractivity contribution is 5.81. The Hall–Kier alpha value is -1.18. The molecule has 0 aliphatic carbocycles. The summed E-state index contributed by atoms with van der Waals surface area (Å²) in [5.41, 5.74) is 0. The van der Waals surface area contributed by atoms with E-state index < -0.39 is 30.0 Å². The molecule has 1 N–H and O–H groups in total. The molecule has 0 saturated carbocycles. The maximum atomic E-state index is 11.6. The first-order chi connectivity index (χ1) is 7.89. The molecule has 0 aromatic heterocycles. The second kappa shape index (κ2) is 4.25. The molecule has 7 nitrogen and oxygen atoms in total. The molecule has 0 bridgehead atoms. The lowest BCUT2D eigenvalue weighted by Crippen LogP contribution is -2.39. The van der Waals surface area contributed by atoms with E-state index >= 15 is 0 Å². The van der Waals surface area contributed by atoms with E-state index in [2.05, 4.69) is 0 Å². The van der Waals surface area contributed by atoms with E-state index in [1.54, 1.807) is 13.8 Å². The molecule has 0 spiro atoms. The lowest BCUT2D eigenvalue weighted by Gasteiger charge is -2.21. The van der Waals surface area contributed by atoms with Gasteiger partial charge in [-0.05, 0) is 13.8 Å². The molecule has 7 heteroatoms. The van der Waals surface area contributed by atoms with Gasteiger partial charge in [0.1, 0.15) is 0 Å². The number of carbonyl (C=O) groups excluding carboxylic acids is 2. The third kappa shape index (κ3) is 2.56. The molecule has 96 valence electrons. The molecule has 2 aliphatic rings. The molecule has 1 amide bonds. The summed E-state index contributed by atoms with van der Waals surface area (Å²) in [6.07, 6.45) is -1.51. The van der Waals surface area contributed by atoms with Crippen LogP contribution in [0, 0.1) is 0 Å². The average Bonchev–Trinajstić information content (AvgIpc) is 2.75. The third-order valence-corrected chi connectivity index (χ3v) is 2.59. The van der Waals surface area contributed by atoms with Crippen molar-refractivity contribution >= 4 is 11.9 Å². The Morgan fingerprint density at radius 3 is 2.76 bits per heavy atom. The van der Waals surface area contributed by atoms with Crippen LogP contribution >= 0.6 is 0 Å². The van der Waals surface area contributed by atoms with E-state index in [1.165, 1.54) is 0 Å². The smallest absolute Gasteiger partial charge is 0.363 e. The van der Waals surface area contributed by atoms with Crippen LogP contribution in [0.4, 0.5) is 0 Å².